The van der Waals surface area contributed by atoms with E-state index in [1.54, 1.807) is 12.1 Å². The minimum absolute atomic E-state index is 0.389. The summed E-state index contributed by atoms with van der Waals surface area (Å²) in [5.41, 5.74) is 0.828. The van der Waals surface area contributed by atoms with Gasteiger partial charge in [-0.1, -0.05) is 23.2 Å². The molecule has 26 heavy (non-hydrogen) atoms. The van der Waals surface area contributed by atoms with Crippen LogP contribution < -0.4 is 10.2 Å². The average Bonchev–Trinajstić information content (AvgIpc) is 3.06. The molecule has 0 unspecified atom stereocenters. The van der Waals surface area contributed by atoms with Gasteiger partial charge in [-0.05, 0) is 25.1 Å². The lowest BCUT2D eigenvalue weighted by atomic mass is 10.0. The first-order valence-electron chi connectivity index (χ1n) is 8.64. The number of benzene rings is 1. The van der Waals surface area contributed by atoms with Crippen LogP contribution in [0, 0.1) is 6.92 Å². The topological polar surface area (TPSA) is 59.5 Å². The molecule has 0 bridgehead atoms. The van der Waals surface area contributed by atoms with Gasteiger partial charge in [0.25, 0.3) is 0 Å². The van der Waals surface area contributed by atoms with E-state index in [9.17, 15) is 0 Å². The monoisotopic (exact) mass is 394 g/mol. The summed E-state index contributed by atoms with van der Waals surface area (Å²) in [6.45, 7) is 4.93. The van der Waals surface area contributed by atoms with Gasteiger partial charge in [0.1, 0.15) is 17.5 Å². The molecule has 2 fully saturated rings. The van der Waals surface area contributed by atoms with Gasteiger partial charge in [0.15, 0.2) is 5.79 Å². The number of ether oxygens (including phenoxy) is 2. The van der Waals surface area contributed by atoms with Crippen LogP contribution in [-0.2, 0) is 9.47 Å². The zero-order valence-electron chi connectivity index (χ0n) is 14.5. The number of aryl methyl sites for hydroxylation is 1. The highest BCUT2D eigenvalue weighted by Gasteiger charge is 2.40. The maximum absolute atomic E-state index is 6.09. The van der Waals surface area contributed by atoms with Crippen molar-refractivity contribution in [2.75, 3.05) is 36.5 Å². The van der Waals surface area contributed by atoms with Crippen molar-refractivity contribution in [3.63, 3.8) is 0 Å². The Bertz CT molecular complexity index is 802. The van der Waals surface area contributed by atoms with Crippen molar-refractivity contribution in [1.29, 1.82) is 0 Å². The van der Waals surface area contributed by atoms with Crippen molar-refractivity contribution < 1.29 is 9.47 Å². The Morgan fingerprint density at radius 2 is 1.77 bits per heavy atom. The maximum atomic E-state index is 6.09. The zero-order valence-corrected chi connectivity index (χ0v) is 16.0. The van der Waals surface area contributed by atoms with Crippen molar-refractivity contribution in [2.45, 2.75) is 25.6 Å². The summed E-state index contributed by atoms with van der Waals surface area (Å²) in [6, 6.07) is 7.35. The highest BCUT2D eigenvalue weighted by atomic mass is 35.5. The SMILES string of the molecule is Cc1nc(Nc2ccc(Cl)c(Cl)c2)cc(N2CCC3(CC2)OCCO3)n1. The standard InChI is InChI=1S/C18H20Cl2N4O2/c1-12-21-16(23-13-2-3-14(19)15(20)10-13)11-17(22-12)24-6-4-18(5-7-24)25-8-9-26-18/h2-3,10-11H,4-9H2,1H3,(H,21,22,23). The number of nitrogens with zero attached hydrogens (tertiary/aromatic N) is 3. The summed E-state index contributed by atoms with van der Waals surface area (Å²) in [5, 5.41) is 4.29. The molecule has 138 valence electrons. The molecule has 0 aliphatic carbocycles. The Labute approximate surface area is 162 Å². The zero-order chi connectivity index (χ0) is 18.1. The Kier molecular flexibility index (Phi) is 4.92. The average molecular weight is 395 g/mol. The molecule has 0 saturated carbocycles. The largest absolute Gasteiger partial charge is 0.356 e. The predicted molar refractivity (Wildman–Crippen MR) is 103 cm³/mol. The fraction of sp³-hybridized carbons (Fsp3) is 0.444. The van der Waals surface area contributed by atoms with E-state index in [-0.39, 0.29) is 5.79 Å². The van der Waals surface area contributed by atoms with Crippen LogP contribution in [0.15, 0.2) is 24.3 Å². The normalized spacial score (nSPS) is 19.1. The molecule has 1 aromatic carbocycles. The first-order chi connectivity index (χ1) is 12.5. The third-order valence-electron chi connectivity index (χ3n) is 4.68. The fourth-order valence-corrected chi connectivity index (χ4v) is 3.66. The molecule has 2 aromatic rings. The van der Waals surface area contributed by atoms with Crippen molar-refractivity contribution in [2.24, 2.45) is 0 Å². The molecule has 4 rings (SSSR count). The van der Waals surface area contributed by atoms with E-state index in [4.69, 9.17) is 32.7 Å². The summed E-state index contributed by atoms with van der Waals surface area (Å²) in [4.78, 5) is 11.3. The fourth-order valence-electron chi connectivity index (χ4n) is 3.36. The van der Waals surface area contributed by atoms with Crippen molar-refractivity contribution in [3.05, 3.63) is 40.1 Å². The predicted octanol–water partition coefficient (Wildman–Crippen LogP) is 4.18. The number of hydrogen-bond acceptors (Lipinski definition) is 6. The highest BCUT2D eigenvalue weighted by Crippen LogP contribution is 2.33. The number of rotatable bonds is 3. The maximum Gasteiger partial charge on any atom is 0.171 e. The summed E-state index contributed by atoms with van der Waals surface area (Å²) in [5.74, 6) is 1.94. The number of halogens is 2. The lowest BCUT2D eigenvalue weighted by Crippen LogP contribution is -2.45. The minimum Gasteiger partial charge on any atom is -0.356 e. The van der Waals surface area contributed by atoms with Gasteiger partial charge in [-0.25, -0.2) is 9.97 Å². The van der Waals surface area contributed by atoms with E-state index in [1.165, 1.54) is 0 Å². The van der Waals surface area contributed by atoms with Crippen LogP contribution >= 0.6 is 23.2 Å². The molecule has 0 amide bonds. The Morgan fingerprint density at radius 1 is 1.04 bits per heavy atom. The number of nitrogens with one attached hydrogen (secondary N) is 1. The Hall–Kier alpha value is -1.60. The molecular weight excluding hydrogens is 375 g/mol. The molecule has 0 radical (unpaired) electrons. The molecule has 2 aliphatic rings. The number of anilines is 3. The first-order valence-corrected chi connectivity index (χ1v) is 9.39. The van der Waals surface area contributed by atoms with E-state index in [0.717, 1.165) is 43.3 Å². The molecule has 3 heterocycles. The second kappa shape index (κ2) is 7.19. The molecule has 1 N–H and O–H groups in total. The van der Waals surface area contributed by atoms with Gasteiger partial charge < -0.3 is 19.7 Å². The van der Waals surface area contributed by atoms with Gasteiger partial charge in [0.2, 0.25) is 0 Å². The van der Waals surface area contributed by atoms with Crippen LogP contribution in [0.25, 0.3) is 0 Å². The van der Waals surface area contributed by atoms with E-state index in [2.05, 4.69) is 20.2 Å². The smallest absolute Gasteiger partial charge is 0.171 e. The van der Waals surface area contributed by atoms with E-state index >= 15 is 0 Å². The lowest BCUT2D eigenvalue weighted by molar-refractivity contribution is -0.169. The van der Waals surface area contributed by atoms with Gasteiger partial charge >= 0.3 is 0 Å². The number of aromatic nitrogens is 2. The molecule has 1 aromatic heterocycles. The van der Waals surface area contributed by atoms with Crippen molar-refractivity contribution in [3.8, 4) is 0 Å². The lowest BCUT2D eigenvalue weighted by Gasteiger charge is -2.38. The molecule has 2 aliphatic heterocycles. The van der Waals surface area contributed by atoms with Gasteiger partial charge in [-0.2, -0.15) is 0 Å². The van der Waals surface area contributed by atoms with E-state index in [0.29, 0.717) is 29.1 Å². The summed E-state index contributed by atoms with van der Waals surface area (Å²) >= 11 is 12.1. The molecule has 2 saturated heterocycles. The van der Waals surface area contributed by atoms with E-state index in [1.807, 2.05) is 19.1 Å². The number of piperidine rings is 1. The van der Waals surface area contributed by atoms with E-state index < -0.39 is 0 Å². The Balaban J connectivity index is 1.50. The molecule has 6 nitrogen and oxygen atoms in total. The third kappa shape index (κ3) is 3.74. The third-order valence-corrected chi connectivity index (χ3v) is 5.42. The minimum atomic E-state index is -0.389. The second-order valence-corrected chi connectivity index (χ2v) is 7.32. The molecule has 1 spiro atoms. The van der Waals surface area contributed by atoms with Gasteiger partial charge in [0, 0.05) is 37.7 Å². The van der Waals surface area contributed by atoms with Crippen molar-refractivity contribution in [1.82, 2.24) is 9.97 Å². The quantitative estimate of drug-likeness (QED) is 0.842. The molecular formula is C18H20Cl2N4O2. The Morgan fingerprint density at radius 3 is 2.46 bits per heavy atom. The first kappa shape index (κ1) is 17.8. The van der Waals surface area contributed by atoms with Crippen LogP contribution in [0.1, 0.15) is 18.7 Å². The van der Waals surface area contributed by atoms with Crippen LogP contribution in [0.2, 0.25) is 10.0 Å². The van der Waals surface area contributed by atoms with Crippen molar-refractivity contribution >= 4 is 40.5 Å². The van der Waals surface area contributed by atoms with Gasteiger partial charge in [-0.3, -0.25) is 0 Å². The summed E-state index contributed by atoms with van der Waals surface area (Å²) < 4.78 is 11.6. The van der Waals surface area contributed by atoms with Crippen LogP contribution in [0.4, 0.5) is 17.3 Å². The summed E-state index contributed by atoms with van der Waals surface area (Å²) in [6.07, 6.45) is 1.68. The van der Waals surface area contributed by atoms with Crippen LogP contribution in [-0.4, -0.2) is 42.1 Å². The molecule has 0 atom stereocenters. The highest BCUT2D eigenvalue weighted by molar-refractivity contribution is 6.42. The van der Waals surface area contributed by atoms with Gasteiger partial charge in [-0.15, -0.1) is 0 Å². The molecule has 8 heteroatoms. The van der Waals surface area contributed by atoms with Crippen LogP contribution in [0.3, 0.4) is 0 Å². The number of hydrogen-bond donors (Lipinski definition) is 1. The summed E-state index contributed by atoms with van der Waals surface area (Å²) in [7, 11) is 0. The van der Waals surface area contributed by atoms with Gasteiger partial charge in [0.05, 0.1) is 23.3 Å². The van der Waals surface area contributed by atoms with Crippen LogP contribution in [0.5, 0.6) is 0 Å². The second-order valence-electron chi connectivity index (χ2n) is 6.51.